The SMILES string of the molecule is CSc1nc2c(F)c(-c3cccc(Cl)c3Cl)c(CCC#N)cc2c2c1cc([C@H]1CCCN1C(=O)OCCS(C)(C)C)n2[C@@H]1[C@@H](C)C2C[C@@H]21. The number of nitrogens with zero attached hydrogens (tertiary/aromatic N) is 4. The van der Waals surface area contributed by atoms with Crippen LogP contribution in [0.4, 0.5) is 9.18 Å². The number of amides is 1. The summed E-state index contributed by atoms with van der Waals surface area (Å²) in [5, 5.41) is 12.6. The highest BCUT2D eigenvalue weighted by atomic mass is 35.5. The highest BCUT2D eigenvalue weighted by Gasteiger charge is 2.60. The van der Waals surface area contributed by atoms with E-state index >= 15 is 4.39 Å². The lowest BCUT2D eigenvalue weighted by atomic mass is 9.80. The van der Waals surface area contributed by atoms with Crippen molar-refractivity contribution in [1.82, 2.24) is 14.5 Å². The Balaban J connectivity index is 1.45. The van der Waals surface area contributed by atoms with E-state index in [-0.39, 0.29) is 35.1 Å². The Bertz CT molecular complexity index is 1990. The van der Waals surface area contributed by atoms with Crippen LogP contribution in [0.25, 0.3) is 32.9 Å². The van der Waals surface area contributed by atoms with E-state index < -0.39 is 15.8 Å². The number of hydrogen-bond acceptors (Lipinski definition) is 5. The number of hydrogen-bond donors (Lipinski definition) is 0. The smallest absolute Gasteiger partial charge is 0.410 e. The number of halogens is 3. The summed E-state index contributed by atoms with van der Waals surface area (Å²) < 4.78 is 25.4. The number of rotatable bonds is 9. The van der Waals surface area contributed by atoms with Crippen molar-refractivity contribution < 1.29 is 13.9 Å². The molecule has 0 bridgehead atoms. The molecule has 0 spiro atoms. The molecule has 1 aliphatic heterocycles. The molecule has 4 aromatic rings. The molecule has 2 saturated carbocycles. The number of carbonyl (C=O) groups is 1. The van der Waals surface area contributed by atoms with E-state index in [9.17, 15) is 10.1 Å². The molecular formula is C37H41Cl2FN4O2S2. The first-order valence-electron chi connectivity index (χ1n) is 16.6. The molecule has 3 fully saturated rings. The van der Waals surface area contributed by atoms with Crippen LogP contribution in [-0.2, 0) is 11.2 Å². The van der Waals surface area contributed by atoms with E-state index in [1.54, 1.807) is 18.2 Å². The first kappa shape index (κ1) is 33.8. The highest BCUT2D eigenvalue weighted by Crippen LogP contribution is 2.67. The van der Waals surface area contributed by atoms with Crippen LogP contribution >= 0.6 is 45.0 Å². The van der Waals surface area contributed by atoms with Gasteiger partial charge in [-0.3, -0.25) is 4.90 Å². The van der Waals surface area contributed by atoms with E-state index in [1.165, 1.54) is 18.2 Å². The van der Waals surface area contributed by atoms with Crippen LogP contribution < -0.4 is 0 Å². The van der Waals surface area contributed by atoms with Gasteiger partial charge in [-0.1, -0.05) is 42.3 Å². The molecular weight excluding hydrogens is 686 g/mol. The van der Waals surface area contributed by atoms with Crippen molar-refractivity contribution in [3.63, 3.8) is 0 Å². The summed E-state index contributed by atoms with van der Waals surface area (Å²) in [6, 6.07) is 11.8. The fourth-order valence-corrected chi connectivity index (χ4v) is 9.68. The number of aromatic nitrogens is 2. The Morgan fingerprint density at radius 3 is 2.69 bits per heavy atom. The maximum absolute atomic E-state index is 17.1. The minimum atomic E-state index is -0.786. The third kappa shape index (κ3) is 5.75. The van der Waals surface area contributed by atoms with Gasteiger partial charge in [-0.25, -0.2) is 24.2 Å². The van der Waals surface area contributed by atoms with Crippen LogP contribution in [0.5, 0.6) is 0 Å². The Kier molecular flexibility index (Phi) is 9.10. The highest BCUT2D eigenvalue weighted by molar-refractivity contribution is 8.32. The Hall–Kier alpha value is -2.64. The van der Waals surface area contributed by atoms with Gasteiger partial charge in [-0.2, -0.15) is 5.26 Å². The zero-order chi connectivity index (χ0) is 34.1. The maximum Gasteiger partial charge on any atom is 0.410 e. The quantitative estimate of drug-likeness (QED) is 0.161. The molecule has 1 amide bonds. The molecule has 0 radical (unpaired) electrons. The molecule has 0 N–H and O–H groups in total. The minimum absolute atomic E-state index is 0.144. The predicted molar refractivity (Wildman–Crippen MR) is 198 cm³/mol. The standard InChI is InChI=1S/C37H41Cl2FN4O2S2/c1-20-23-18-24(23)34(20)44-29(28-12-8-14-43(28)37(45)46-15-16-48(3,4)5)19-26-35(44)25-17-21(9-7-13-41)30(22-10-6-11-27(38)31(22)39)32(40)33(25)42-36(26)47-2/h6,10-11,17,19-20,23-24,28,34H,7-9,12,14-16,18H2,1-5H3/t20-,23?,24-,28+,34+/m0/s1. The third-order valence-electron chi connectivity index (χ3n) is 10.6. The van der Waals surface area contributed by atoms with Crippen molar-refractivity contribution in [2.45, 2.75) is 56.1 Å². The molecule has 3 heterocycles. The lowest BCUT2D eigenvalue weighted by Gasteiger charge is -2.38. The molecule has 2 aromatic carbocycles. The molecule has 48 heavy (non-hydrogen) atoms. The normalized spacial score (nSPS) is 23.6. The summed E-state index contributed by atoms with van der Waals surface area (Å²) in [5.41, 5.74) is 3.83. The Morgan fingerprint density at radius 1 is 1.21 bits per heavy atom. The van der Waals surface area contributed by atoms with Gasteiger partial charge in [0.2, 0.25) is 0 Å². The summed E-state index contributed by atoms with van der Waals surface area (Å²) in [6.07, 6.45) is 11.9. The van der Waals surface area contributed by atoms with Gasteiger partial charge >= 0.3 is 6.09 Å². The van der Waals surface area contributed by atoms with Crippen molar-refractivity contribution in [2.24, 2.45) is 17.8 Å². The Morgan fingerprint density at radius 2 is 2.00 bits per heavy atom. The van der Waals surface area contributed by atoms with Crippen LogP contribution in [-0.4, -0.2) is 64.5 Å². The topological polar surface area (TPSA) is 71.2 Å². The average Bonchev–Trinajstić information content (AvgIpc) is 3.35. The number of benzene rings is 2. The fourth-order valence-electron chi connectivity index (χ4n) is 8.15. The molecule has 2 aliphatic carbocycles. The molecule has 254 valence electrons. The number of likely N-dealkylation sites (tertiary alicyclic amines) is 1. The van der Waals surface area contributed by atoms with Gasteiger partial charge in [-0.15, -0.1) is 11.8 Å². The molecule has 7 rings (SSSR count). The summed E-state index contributed by atoms with van der Waals surface area (Å²) in [6.45, 7) is 3.38. The monoisotopic (exact) mass is 726 g/mol. The van der Waals surface area contributed by atoms with Gasteiger partial charge in [0.25, 0.3) is 0 Å². The van der Waals surface area contributed by atoms with E-state index in [0.29, 0.717) is 59.0 Å². The van der Waals surface area contributed by atoms with Gasteiger partial charge in [0.1, 0.15) is 17.1 Å². The second kappa shape index (κ2) is 12.9. The number of nitriles is 1. The summed E-state index contributed by atoms with van der Waals surface area (Å²) in [5.74, 6) is 2.15. The van der Waals surface area contributed by atoms with Crippen LogP contribution in [0.3, 0.4) is 0 Å². The van der Waals surface area contributed by atoms with Crippen LogP contribution in [0.1, 0.15) is 55.9 Å². The van der Waals surface area contributed by atoms with Crippen molar-refractivity contribution in [2.75, 3.05) is 43.9 Å². The van der Waals surface area contributed by atoms with Crippen molar-refractivity contribution in [1.29, 1.82) is 5.26 Å². The molecule has 3 aliphatic rings. The molecule has 5 atom stereocenters. The molecule has 1 unspecified atom stereocenters. The number of carbonyl (C=O) groups excluding carboxylic acids is 1. The number of fused-ring (bicyclic) bond motifs is 4. The third-order valence-corrected chi connectivity index (χ3v) is 13.5. The number of aryl methyl sites for hydroxylation is 1. The lowest BCUT2D eigenvalue weighted by molar-refractivity contribution is 0.100. The predicted octanol–water partition coefficient (Wildman–Crippen LogP) is 10.3. The van der Waals surface area contributed by atoms with Crippen molar-refractivity contribution in [3.8, 4) is 17.2 Å². The Labute approximate surface area is 297 Å². The number of ether oxygens (including phenoxy) is 1. The zero-order valence-corrected chi connectivity index (χ0v) is 31.1. The molecule has 2 aromatic heterocycles. The van der Waals surface area contributed by atoms with Crippen LogP contribution in [0, 0.1) is 34.9 Å². The van der Waals surface area contributed by atoms with Crippen LogP contribution in [0.15, 0.2) is 35.4 Å². The number of thioether (sulfide) groups is 1. The van der Waals surface area contributed by atoms with Gasteiger partial charge in [0.15, 0.2) is 5.82 Å². The lowest BCUT2D eigenvalue weighted by Crippen LogP contribution is -2.36. The largest absolute Gasteiger partial charge is 0.449 e. The van der Waals surface area contributed by atoms with Gasteiger partial charge < -0.3 is 9.30 Å². The van der Waals surface area contributed by atoms with E-state index in [2.05, 4.69) is 42.4 Å². The second-order valence-corrected chi connectivity index (χ2v) is 20.5. The first-order chi connectivity index (χ1) is 22.9. The van der Waals surface area contributed by atoms with Crippen molar-refractivity contribution >= 4 is 72.9 Å². The number of pyridine rings is 1. The zero-order valence-electron chi connectivity index (χ0n) is 28.0. The summed E-state index contributed by atoms with van der Waals surface area (Å²) >= 11 is 14.6. The van der Waals surface area contributed by atoms with Gasteiger partial charge in [-0.05, 0) is 92.2 Å². The maximum atomic E-state index is 17.1. The fraction of sp³-hybridized carbons (Fsp3) is 0.486. The molecule has 6 nitrogen and oxygen atoms in total. The molecule has 1 saturated heterocycles. The summed E-state index contributed by atoms with van der Waals surface area (Å²) in [4.78, 5) is 20.4. The minimum Gasteiger partial charge on any atom is -0.449 e. The van der Waals surface area contributed by atoms with E-state index in [4.69, 9.17) is 32.9 Å². The van der Waals surface area contributed by atoms with E-state index in [0.717, 1.165) is 45.6 Å². The van der Waals surface area contributed by atoms with Gasteiger partial charge in [0, 0.05) is 52.4 Å². The van der Waals surface area contributed by atoms with Crippen LogP contribution in [0.2, 0.25) is 10.0 Å². The second-order valence-electron chi connectivity index (χ2n) is 14.4. The van der Waals surface area contributed by atoms with Gasteiger partial charge in [0.05, 0.1) is 27.7 Å². The molecule has 11 heteroatoms. The average molecular weight is 728 g/mol. The van der Waals surface area contributed by atoms with Crippen molar-refractivity contribution in [3.05, 3.63) is 57.5 Å². The van der Waals surface area contributed by atoms with E-state index in [1.807, 2.05) is 17.2 Å². The first-order valence-corrected chi connectivity index (χ1v) is 21.6. The summed E-state index contributed by atoms with van der Waals surface area (Å²) in [7, 11) is -0.786.